The molecule has 0 aliphatic carbocycles. The lowest BCUT2D eigenvalue weighted by Crippen LogP contribution is -2.62. The quantitative estimate of drug-likeness (QED) is 0.715. The van der Waals surface area contributed by atoms with E-state index in [1.165, 1.54) is 0 Å². The maximum atomic E-state index is 12.5. The van der Waals surface area contributed by atoms with Crippen LogP contribution in [0.4, 0.5) is 0 Å². The summed E-state index contributed by atoms with van der Waals surface area (Å²) in [5, 5.41) is 2.97. The summed E-state index contributed by atoms with van der Waals surface area (Å²) >= 11 is 0. The molecule has 3 rings (SSSR count). The van der Waals surface area contributed by atoms with Crippen molar-refractivity contribution in [3.63, 3.8) is 0 Å². The van der Waals surface area contributed by atoms with Gasteiger partial charge in [-0.15, -0.1) is 0 Å². The molecule has 0 bridgehead atoms. The molecule has 130 valence electrons. The number of carbonyl (C=O) groups is 2. The van der Waals surface area contributed by atoms with Crippen molar-refractivity contribution in [2.24, 2.45) is 0 Å². The van der Waals surface area contributed by atoms with Gasteiger partial charge in [0.05, 0.1) is 19.8 Å². The Morgan fingerprint density at radius 2 is 2.00 bits per heavy atom. The Bertz CT molecular complexity index is 453. The van der Waals surface area contributed by atoms with E-state index in [2.05, 4.69) is 22.2 Å². The molecular weight excluding hydrogens is 296 g/mol. The Hall–Kier alpha value is -1.18. The van der Waals surface area contributed by atoms with Crippen LogP contribution in [0.25, 0.3) is 0 Å². The summed E-state index contributed by atoms with van der Waals surface area (Å²) in [6.07, 6.45) is 2.41. The average Bonchev–Trinajstić information content (AvgIpc) is 2.75. The molecule has 0 radical (unpaired) electrons. The van der Waals surface area contributed by atoms with Gasteiger partial charge < -0.3 is 15.0 Å². The highest BCUT2D eigenvalue weighted by atomic mass is 16.5. The van der Waals surface area contributed by atoms with Crippen LogP contribution >= 0.6 is 0 Å². The Labute approximate surface area is 137 Å². The zero-order valence-electron chi connectivity index (χ0n) is 14.1. The monoisotopic (exact) mass is 324 g/mol. The van der Waals surface area contributed by atoms with Crippen molar-refractivity contribution in [3.8, 4) is 0 Å². The molecule has 0 aromatic heterocycles. The number of hydrogen-bond donors (Lipinski definition) is 1. The van der Waals surface area contributed by atoms with E-state index in [0.29, 0.717) is 39.3 Å². The smallest absolute Gasteiger partial charge is 0.236 e. The second-order valence-electron chi connectivity index (χ2n) is 6.95. The third-order valence-electron chi connectivity index (χ3n) is 5.53. The molecule has 2 amide bonds. The number of hydrogen-bond acceptors (Lipinski definition) is 5. The average molecular weight is 324 g/mol. The Morgan fingerprint density at radius 1 is 1.22 bits per heavy atom. The minimum atomic E-state index is 0.0166. The van der Waals surface area contributed by atoms with Crippen LogP contribution in [0.3, 0.4) is 0 Å². The first-order valence-electron chi connectivity index (χ1n) is 8.65. The number of nitrogens with one attached hydrogen (secondary N) is 1. The third kappa shape index (κ3) is 3.84. The number of carbonyl (C=O) groups excluding carboxylic acids is 2. The maximum absolute atomic E-state index is 12.5. The Kier molecular flexibility index (Phi) is 5.18. The number of ether oxygens (including phenoxy) is 1. The van der Waals surface area contributed by atoms with Crippen LogP contribution in [-0.2, 0) is 14.3 Å². The minimum absolute atomic E-state index is 0.0166. The summed E-state index contributed by atoms with van der Waals surface area (Å²) in [7, 11) is 2.15. The van der Waals surface area contributed by atoms with Crippen LogP contribution < -0.4 is 5.32 Å². The van der Waals surface area contributed by atoms with E-state index < -0.39 is 0 Å². The Balaban J connectivity index is 1.60. The van der Waals surface area contributed by atoms with Gasteiger partial charge >= 0.3 is 0 Å². The van der Waals surface area contributed by atoms with Crippen molar-refractivity contribution >= 4 is 11.8 Å². The first-order chi connectivity index (χ1) is 11.1. The number of amides is 2. The van der Waals surface area contributed by atoms with E-state index in [4.69, 9.17) is 4.74 Å². The summed E-state index contributed by atoms with van der Waals surface area (Å²) in [5.74, 6) is 0.354. The highest BCUT2D eigenvalue weighted by molar-refractivity contribution is 5.78. The Morgan fingerprint density at radius 3 is 2.78 bits per heavy atom. The highest BCUT2D eigenvalue weighted by Gasteiger charge is 2.41. The fourth-order valence-electron chi connectivity index (χ4n) is 3.92. The number of nitrogens with zero attached hydrogens (tertiary/aromatic N) is 3. The lowest BCUT2D eigenvalue weighted by atomic mass is 9.86. The summed E-state index contributed by atoms with van der Waals surface area (Å²) in [6.45, 7) is 6.64. The molecule has 3 heterocycles. The van der Waals surface area contributed by atoms with Crippen LogP contribution in [0.2, 0.25) is 0 Å². The second kappa shape index (κ2) is 7.15. The predicted octanol–water partition coefficient (Wildman–Crippen LogP) is -0.868. The summed E-state index contributed by atoms with van der Waals surface area (Å²) < 4.78 is 5.31. The SMILES string of the molecule is CN1CCN(CC(=O)N2CCOCC2)C[C@@]12CCNC(=O)CC2. The lowest BCUT2D eigenvalue weighted by molar-refractivity contribution is -0.138. The summed E-state index contributed by atoms with van der Waals surface area (Å²) in [6, 6.07) is 0. The molecular formula is C16H28N4O3. The molecule has 7 heteroatoms. The van der Waals surface area contributed by atoms with Crippen LogP contribution in [0, 0.1) is 0 Å². The summed E-state index contributed by atoms with van der Waals surface area (Å²) in [4.78, 5) is 30.7. The van der Waals surface area contributed by atoms with Gasteiger partial charge in [-0.05, 0) is 19.9 Å². The molecule has 3 fully saturated rings. The molecule has 23 heavy (non-hydrogen) atoms. The van der Waals surface area contributed by atoms with Gasteiger partial charge in [0.1, 0.15) is 0 Å². The lowest BCUT2D eigenvalue weighted by Gasteiger charge is -2.49. The predicted molar refractivity (Wildman–Crippen MR) is 86.1 cm³/mol. The van der Waals surface area contributed by atoms with E-state index in [-0.39, 0.29) is 17.4 Å². The van der Waals surface area contributed by atoms with Crippen LogP contribution in [0.5, 0.6) is 0 Å². The maximum Gasteiger partial charge on any atom is 0.236 e. The van der Waals surface area contributed by atoms with E-state index in [1.54, 1.807) is 0 Å². The van der Waals surface area contributed by atoms with E-state index in [0.717, 1.165) is 39.0 Å². The van der Waals surface area contributed by atoms with E-state index in [9.17, 15) is 9.59 Å². The standard InChI is InChI=1S/C16H28N4O3/c1-18-6-7-19(12-15(22)20-8-10-23-11-9-20)13-16(18)3-2-14(21)17-5-4-16/h2-13H2,1H3,(H,17,21)/t16-/m1/s1. The molecule has 0 saturated carbocycles. The van der Waals surface area contributed by atoms with Gasteiger partial charge in [-0.25, -0.2) is 0 Å². The van der Waals surface area contributed by atoms with E-state index >= 15 is 0 Å². The topological polar surface area (TPSA) is 65.1 Å². The van der Waals surface area contributed by atoms with Gasteiger partial charge in [0.25, 0.3) is 0 Å². The van der Waals surface area contributed by atoms with Crippen molar-refractivity contribution in [2.45, 2.75) is 24.8 Å². The van der Waals surface area contributed by atoms with Gasteiger partial charge in [-0.3, -0.25) is 19.4 Å². The van der Waals surface area contributed by atoms with Gasteiger partial charge in [0, 0.05) is 51.2 Å². The van der Waals surface area contributed by atoms with Gasteiger partial charge in [0.15, 0.2) is 0 Å². The molecule has 0 aromatic rings. The summed E-state index contributed by atoms with van der Waals surface area (Å²) in [5.41, 5.74) is 0.0166. The highest BCUT2D eigenvalue weighted by Crippen LogP contribution is 2.30. The molecule has 3 saturated heterocycles. The first-order valence-corrected chi connectivity index (χ1v) is 8.65. The molecule has 1 N–H and O–H groups in total. The largest absolute Gasteiger partial charge is 0.378 e. The number of likely N-dealkylation sites (N-methyl/N-ethyl adjacent to an activating group) is 1. The van der Waals surface area contributed by atoms with Crippen molar-refractivity contribution in [1.29, 1.82) is 0 Å². The number of morpholine rings is 1. The van der Waals surface area contributed by atoms with E-state index in [1.807, 2.05) is 4.90 Å². The number of piperazine rings is 1. The van der Waals surface area contributed by atoms with Crippen LogP contribution in [-0.4, -0.2) is 98.1 Å². The van der Waals surface area contributed by atoms with Crippen LogP contribution in [0.15, 0.2) is 0 Å². The van der Waals surface area contributed by atoms with Crippen molar-refractivity contribution < 1.29 is 14.3 Å². The first kappa shape index (κ1) is 16.7. The normalized spacial score (nSPS) is 31.0. The van der Waals surface area contributed by atoms with Crippen molar-refractivity contribution in [2.75, 3.05) is 66.1 Å². The van der Waals surface area contributed by atoms with Crippen molar-refractivity contribution in [1.82, 2.24) is 20.0 Å². The zero-order chi connectivity index (χ0) is 16.3. The van der Waals surface area contributed by atoms with Gasteiger partial charge in [0.2, 0.25) is 11.8 Å². The fourth-order valence-corrected chi connectivity index (χ4v) is 3.92. The molecule has 1 spiro atoms. The second-order valence-corrected chi connectivity index (χ2v) is 6.95. The fraction of sp³-hybridized carbons (Fsp3) is 0.875. The van der Waals surface area contributed by atoms with Gasteiger partial charge in [-0.1, -0.05) is 0 Å². The molecule has 0 aromatic carbocycles. The molecule has 3 aliphatic heterocycles. The van der Waals surface area contributed by atoms with Crippen molar-refractivity contribution in [3.05, 3.63) is 0 Å². The van der Waals surface area contributed by atoms with Crippen LogP contribution in [0.1, 0.15) is 19.3 Å². The third-order valence-corrected chi connectivity index (χ3v) is 5.53. The molecule has 1 atom stereocenters. The molecule has 0 unspecified atom stereocenters. The molecule has 7 nitrogen and oxygen atoms in total. The number of rotatable bonds is 2. The molecule has 3 aliphatic rings. The minimum Gasteiger partial charge on any atom is -0.378 e. The van der Waals surface area contributed by atoms with Gasteiger partial charge in [-0.2, -0.15) is 0 Å². The zero-order valence-corrected chi connectivity index (χ0v) is 14.1.